The van der Waals surface area contributed by atoms with E-state index in [0.717, 1.165) is 25.7 Å². The maximum atomic E-state index is 12.3. The van der Waals surface area contributed by atoms with Gasteiger partial charge in [0.15, 0.2) is 0 Å². The van der Waals surface area contributed by atoms with Crippen molar-refractivity contribution in [3.05, 3.63) is 12.2 Å². The summed E-state index contributed by atoms with van der Waals surface area (Å²) in [6.45, 7) is 4.45. The molecule has 4 heteroatoms. The average molecular weight is 319 g/mol. The number of ketones is 1. The number of aliphatic hydroxyl groups excluding tert-OH is 2. The molecule has 4 nitrogen and oxygen atoms in total. The van der Waals surface area contributed by atoms with E-state index in [1.807, 2.05) is 6.08 Å². The van der Waals surface area contributed by atoms with Crippen LogP contribution in [-0.4, -0.2) is 34.2 Å². The van der Waals surface area contributed by atoms with Crippen LogP contribution in [0.25, 0.3) is 0 Å². The third-order valence-electron chi connectivity index (χ3n) is 8.10. The van der Waals surface area contributed by atoms with Crippen LogP contribution in [0.1, 0.15) is 46.0 Å². The summed E-state index contributed by atoms with van der Waals surface area (Å²) in [5.41, 5.74) is 6.11. The predicted octanol–water partition coefficient (Wildman–Crippen LogP) is 1.64. The third kappa shape index (κ3) is 1.98. The van der Waals surface area contributed by atoms with Gasteiger partial charge in [0.1, 0.15) is 5.78 Å². The molecule has 0 aromatic carbocycles. The Kier molecular flexibility index (Phi) is 3.37. The summed E-state index contributed by atoms with van der Waals surface area (Å²) >= 11 is 0. The van der Waals surface area contributed by atoms with Crippen LogP contribution >= 0.6 is 0 Å². The Morgan fingerprint density at radius 2 is 1.96 bits per heavy atom. The third-order valence-corrected chi connectivity index (χ3v) is 8.10. The highest BCUT2D eigenvalue weighted by atomic mass is 16.3. The van der Waals surface area contributed by atoms with Gasteiger partial charge in [-0.1, -0.05) is 26.0 Å². The molecular weight excluding hydrogens is 290 g/mol. The van der Waals surface area contributed by atoms with E-state index in [2.05, 4.69) is 19.9 Å². The lowest BCUT2D eigenvalue weighted by Crippen LogP contribution is -2.58. The van der Waals surface area contributed by atoms with Gasteiger partial charge in [0.05, 0.1) is 18.2 Å². The van der Waals surface area contributed by atoms with Gasteiger partial charge in [-0.15, -0.1) is 0 Å². The maximum absolute atomic E-state index is 12.3. The van der Waals surface area contributed by atoms with Crippen LogP contribution in [0.5, 0.6) is 0 Å². The van der Waals surface area contributed by atoms with E-state index in [9.17, 15) is 15.0 Å². The van der Waals surface area contributed by atoms with Crippen molar-refractivity contribution in [3.8, 4) is 0 Å². The standard InChI is InChI=1S/C19H29NO3/c1-18-5-3-11(21)7-10(18)8-14(22)16-12(18)4-6-19(2)13(16)9-15(23)17(19)20/h3,5,10-14,16-17,21-22H,4,6-9,20H2,1-2H3/t10?,11-,12-,13-,14-,16+,17-,18-,19-/m0/s1. The zero-order valence-electron chi connectivity index (χ0n) is 14.1. The zero-order chi connectivity index (χ0) is 16.6. The number of nitrogens with two attached hydrogens (primary N) is 1. The Labute approximate surface area is 138 Å². The zero-order valence-corrected chi connectivity index (χ0v) is 14.1. The van der Waals surface area contributed by atoms with Crippen molar-refractivity contribution in [2.45, 2.75) is 64.2 Å². The van der Waals surface area contributed by atoms with E-state index < -0.39 is 0 Å². The first-order valence-corrected chi connectivity index (χ1v) is 9.11. The topological polar surface area (TPSA) is 83.5 Å². The molecule has 0 radical (unpaired) electrons. The van der Waals surface area contributed by atoms with Crippen molar-refractivity contribution in [1.29, 1.82) is 0 Å². The lowest BCUT2D eigenvalue weighted by molar-refractivity contribution is -0.139. The summed E-state index contributed by atoms with van der Waals surface area (Å²) < 4.78 is 0. The van der Waals surface area contributed by atoms with E-state index in [4.69, 9.17) is 5.73 Å². The lowest BCUT2D eigenvalue weighted by Gasteiger charge is -2.60. The Hall–Kier alpha value is -0.710. The highest BCUT2D eigenvalue weighted by molar-refractivity contribution is 5.87. The molecule has 4 aliphatic rings. The minimum absolute atomic E-state index is 0.0280. The highest BCUT2D eigenvalue weighted by Gasteiger charge is 2.63. The number of hydrogen-bond donors (Lipinski definition) is 3. The Balaban J connectivity index is 1.73. The second kappa shape index (κ2) is 4.90. The average Bonchev–Trinajstić information content (AvgIpc) is 2.73. The molecule has 0 spiro atoms. The number of hydrogen-bond acceptors (Lipinski definition) is 4. The van der Waals surface area contributed by atoms with E-state index in [0.29, 0.717) is 18.3 Å². The summed E-state index contributed by atoms with van der Waals surface area (Å²) in [6, 6.07) is -0.366. The maximum Gasteiger partial charge on any atom is 0.150 e. The summed E-state index contributed by atoms with van der Waals surface area (Å²) in [5, 5.41) is 20.9. The highest BCUT2D eigenvalue weighted by Crippen LogP contribution is 2.64. The van der Waals surface area contributed by atoms with Gasteiger partial charge in [-0.3, -0.25) is 4.79 Å². The van der Waals surface area contributed by atoms with Crippen molar-refractivity contribution in [2.24, 2.45) is 40.2 Å². The molecule has 4 rings (SSSR count). The number of allylic oxidation sites excluding steroid dienone is 1. The minimum Gasteiger partial charge on any atom is -0.393 e. The second-order valence-electron chi connectivity index (χ2n) is 9.01. The number of carbonyl (C=O) groups excluding carboxylic acids is 1. The predicted molar refractivity (Wildman–Crippen MR) is 87.4 cm³/mol. The number of Topliss-reactive ketones (excluding diaryl/α,β-unsaturated/α-hetero) is 1. The molecule has 0 amide bonds. The van der Waals surface area contributed by atoms with Gasteiger partial charge in [0.25, 0.3) is 0 Å². The van der Waals surface area contributed by atoms with Crippen LogP contribution in [0.4, 0.5) is 0 Å². The van der Waals surface area contributed by atoms with Crippen molar-refractivity contribution < 1.29 is 15.0 Å². The molecule has 3 fully saturated rings. The van der Waals surface area contributed by atoms with Crippen LogP contribution in [-0.2, 0) is 4.79 Å². The molecule has 23 heavy (non-hydrogen) atoms. The molecule has 0 heterocycles. The van der Waals surface area contributed by atoms with Crippen molar-refractivity contribution in [3.63, 3.8) is 0 Å². The monoisotopic (exact) mass is 319 g/mol. The molecular formula is C19H29NO3. The quantitative estimate of drug-likeness (QED) is 0.593. The number of rotatable bonds is 0. The number of carbonyl (C=O) groups is 1. The van der Waals surface area contributed by atoms with Gasteiger partial charge < -0.3 is 15.9 Å². The molecule has 4 aliphatic carbocycles. The first-order chi connectivity index (χ1) is 10.8. The molecule has 0 aromatic rings. The molecule has 0 aliphatic heterocycles. The van der Waals surface area contributed by atoms with Crippen LogP contribution in [0.2, 0.25) is 0 Å². The van der Waals surface area contributed by atoms with Crippen molar-refractivity contribution in [1.82, 2.24) is 0 Å². The van der Waals surface area contributed by atoms with E-state index in [-0.39, 0.29) is 46.7 Å². The van der Waals surface area contributed by atoms with Gasteiger partial charge in [-0.05, 0) is 60.2 Å². The lowest BCUT2D eigenvalue weighted by atomic mass is 9.45. The molecule has 128 valence electrons. The van der Waals surface area contributed by atoms with Gasteiger partial charge >= 0.3 is 0 Å². The van der Waals surface area contributed by atoms with Gasteiger partial charge in [0, 0.05) is 6.42 Å². The fourth-order valence-corrected chi connectivity index (χ4v) is 6.60. The summed E-state index contributed by atoms with van der Waals surface area (Å²) in [6.07, 6.45) is 7.37. The first kappa shape index (κ1) is 15.8. The Bertz CT molecular complexity index is 561. The van der Waals surface area contributed by atoms with Gasteiger partial charge in [0.2, 0.25) is 0 Å². The molecule has 3 saturated carbocycles. The van der Waals surface area contributed by atoms with Crippen molar-refractivity contribution >= 4 is 5.78 Å². The van der Waals surface area contributed by atoms with E-state index in [1.54, 1.807) is 0 Å². The van der Waals surface area contributed by atoms with Crippen LogP contribution < -0.4 is 5.73 Å². The van der Waals surface area contributed by atoms with Crippen LogP contribution in [0, 0.1) is 34.5 Å². The number of aliphatic hydroxyl groups is 2. The molecule has 4 N–H and O–H groups in total. The summed E-state index contributed by atoms with van der Waals surface area (Å²) in [5.74, 6) is 1.25. The first-order valence-electron chi connectivity index (χ1n) is 9.11. The summed E-state index contributed by atoms with van der Waals surface area (Å²) in [4.78, 5) is 12.3. The Morgan fingerprint density at radius 1 is 1.22 bits per heavy atom. The normalized spacial score (nSPS) is 58.5. The van der Waals surface area contributed by atoms with E-state index in [1.165, 1.54) is 0 Å². The molecule has 0 bridgehead atoms. The molecule has 9 atom stereocenters. The van der Waals surface area contributed by atoms with Crippen LogP contribution in [0.15, 0.2) is 12.2 Å². The van der Waals surface area contributed by atoms with Crippen LogP contribution in [0.3, 0.4) is 0 Å². The van der Waals surface area contributed by atoms with Gasteiger partial charge in [-0.25, -0.2) is 0 Å². The largest absolute Gasteiger partial charge is 0.393 e. The SMILES string of the molecule is C[C@]12CC[C@H]3[C@@H]([C@@H](O)CC4C[C@@H](O)C=C[C@@]43C)[C@@H]1CC(=O)[C@@H]2N. The smallest absolute Gasteiger partial charge is 0.150 e. The second-order valence-corrected chi connectivity index (χ2v) is 9.01. The molecule has 0 saturated heterocycles. The molecule has 1 unspecified atom stereocenters. The minimum atomic E-state index is -0.382. The van der Waals surface area contributed by atoms with Crippen molar-refractivity contribution in [2.75, 3.05) is 0 Å². The fourth-order valence-electron chi connectivity index (χ4n) is 6.60. The summed E-state index contributed by atoms with van der Waals surface area (Å²) in [7, 11) is 0. The number of fused-ring (bicyclic) bond motifs is 5. The Morgan fingerprint density at radius 3 is 2.70 bits per heavy atom. The van der Waals surface area contributed by atoms with E-state index >= 15 is 0 Å². The fraction of sp³-hybridized carbons (Fsp3) is 0.842. The van der Waals surface area contributed by atoms with Gasteiger partial charge in [-0.2, -0.15) is 0 Å². The molecule has 0 aromatic heterocycles.